The minimum atomic E-state index is -0.628. The predicted octanol–water partition coefficient (Wildman–Crippen LogP) is 3.02. The summed E-state index contributed by atoms with van der Waals surface area (Å²) in [4.78, 5) is 19.2. The molecule has 1 aromatic carbocycles. The van der Waals surface area contributed by atoms with E-state index in [0.29, 0.717) is 17.8 Å². The molecule has 148 valence electrons. The molecule has 1 fully saturated rings. The third kappa shape index (κ3) is 4.26. The number of amides is 1. The van der Waals surface area contributed by atoms with Crippen molar-refractivity contribution in [3.8, 4) is 0 Å². The molecule has 1 aromatic heterocycles. The fraction of sp³-hybridized carbons (Fsp3) is 0.478. The van der Waals surface area contributed by atoms with E-state index in [-0.39, 0.29) is 5.91 Å². The SMILES string of the molecule is CC(O)c1ccc(C(=O)NCc2ccc3c(c2)CCN(C2CCC2)CC3)cn1. The first-order chi connectivity index (χ1) is 13.6. The molecule has 0 saturated heterocycles. The molecule has 2 aromatic rings. The number of fused-ring (bicyclic) bond motifs is 1. The molecular weight excluding hydrogens is 350 g/mol. The van der Waals surface area contributed by atoms with E-state index in [1.807, 2.05) is 0 Å². The molecule has 0 bridgehead atoms. The molecule has 2 aliphatic rings. The van der Waals surface area contributed by atoms with Crippen LogP contribution in [0.3, 0.4) is 0 Å². The first-order valence-electron chi connectivity index (χ1n) is 10.4. The second-order valence-electron chi connectivity index (χ2n) is 8.05. The quantitative estimate of drug-likeness (QED) is 0.838. The number of aromatic nitrogens is 1. The Morgan fingerprint density at radius 3 is 2.64 bits per heavy atom. The molecule has 28 heavy (non-hydrogen) atoms. The highest BCUT2D eigenvalue weighted by Crippen LogP contribution is 2.27. The monoisotopic (exact) mass is 379 g/mol. The Kier molecular flexibility index (Phi) is 5.74. The van der Waals surface area contributed by atoms with E-state index in [1.54, 1.807) is 19.1 Å². The lowest BCUT2D eigenvalue weighted by molar-refractivity contribution is 0.0950. The van der Waals surface area contributed by atoms with E-state index in [4.69, 9.17) is 0 Å². The molecule has 2 heterocycles. The summed E-state index contributed by atoms with van der Waals surface area (Å²) in [6.07, 6.45) is 7.22. The molecule has 0 spiro atoms. The highest BCUT2D eigenvalue weighted by atomic mass is 16.3. The van der Waals surface area contributed by atoms with Crippen molar-refractivity contribution in [2.45, 2.75) is 57.7 Å². The number of nitrogens with zero attached hydrogens (tertiary/aromatic N) is 2. The lowest BCUT2D eigenvalue weighted by Crippen LogP contribution is -2.41. The number of nitrogens with one attached hydrogen (secondary N) is 1. The van der Waals surface area contributed by atoms with Gasteiger partial charge in [-0.15, -0.1) is 0 Å². The molecule has 1 aliphatic heterocycles. The molecule has 1 atom stereocenters. The minimum Gasteiger partial charge on any atom is -0.387 e. The summed E-state index contributed by atoms with van der Waals surface area (Å²) >= 11 is 0. The molecule has 0 radical (unpaired) electrons. The number of hydrogen-bond donors (Lipinski definition) is 2. The Labute approximate surface area is 166 Å². The topological polar surface area (TPSA) is 65.5 Å². The fourth-order valence-corrected chi connectivity index (χ4v) is 4.09. The van der Waals surface area contributed by atoms with Crippen molar-refractivity contribution in [2.75, 3.05) is 13.1 Å². The fourth-order valence-electron chi connectivity index (χ4n) is 4.09. The third-order valence-corrected chi connectivity index (χ3v) is 6.13. The molecule has 4 rings (SSSR count). The average molecular weight is 380 g/mol. The van der Waals surface area contributed by atoms with Crippen LogP contribution >= 0.6 is 0 Å². The number of aliphatic hydroxyl groups is 1. The van der Waals surface area contributed by atoms with Crippen molar-refractivity contribution in [3.63, 3.8) is 0 Å². The largest absolute Gasteiger partial charge is 0.387 e. The summed E-state index contributed by atoms with van der Waals surface area (Å²) in [7, 11) is 0. The number of hydrogen-bond acceptors (Lipinski definition) is 4. The smallest absolute Gasteiger partial charge is 0.253 e. The lowest BCUT2D eigenvalue weighted by Gasteiger charge is -2.36. The normalized spacial score (nSPS) is 18.6. The van der Waals surface area contributed by atoms with Crippen LogP contribution in [0, 0.1) is 0 Å². The Bertz CT molecular complexity index is 828. The van der Waals surface area contributed by atoms with Crippen LogP contribution < -0.4 is 5.32 Å². The molecule has 1 aliphatic carbocycles. The molecule has 1 saturated carbocycles. The Morgan fingerprint density at radius 1 is 1.21 bits per heavy atom. The van der Waals surface area contributed by atoms with Gasteiger partial charge in [-0.1, -0.05) is 24.6 Å². The summed E-state index contributed by atoms with van der Waals surface area (Å²) in [6.45, 7) is 4.49. The first kappa shape index (κ1) is 19.1. The molecule has 5 heteroatoms. The molecule has 1 amide bonds. The van der Waals surface area contributed by atoms with Crippen LogP contribution in [0.2, 0.25) is 0 Å². The first-order valence-corrected chi connectivity index (χ1v) is 10.4. The summed E-state index contributed by atoms with van der Waals surface area (Å²) in [5.74, 6) is -0.143. The average Bonchev–Trinajstić information content (AvgIpc) is 2.87. The van der Waals surface area contributed by atoms with Gasteiger partial charge in [0.2, 0.25) is 0 Å². The van der Waals surface area contributed by atoms with Crippen molar-refractivity contribution in [1.29, 1.82) is 0 Å². The summed E-state index contributed by atoms with van der Waals surface area (Å²) in [5, 5.41) is 12.5. The second kappa shape index (κ2) is 8.41. The van der Waals surface area contributed by atoms with Crippen molar-refractivity contribution in [3.05, 3.63) is 64.5 Å². The van der Waals surface area contributed by atoms with E-state index in [2.05, 4.69) is 33.4 Å². The van der Waals surface area contributed by atoms with Gasteiger partial charge in [0.05, 0.1) is 17.4 Å². The van der Waals surface area contributed by atoms with Gasteiger partial charge in [0, 0.05) is 31.9 Å². The van der Waals surface area contributed by atoms with E-state index < -0.39 is 6.10 Å². The lowest BCUT2D eigenvalue weighted by atomic mass is 9.91. The summed E-state index contributed by atoms with van der Waals surface area (Å²) in [5.41, 5.74) is 5.10. The van der Waals surface area contributed by atoms with Crippen LogP contribution in [-0.2, 0) is 19.4 Å². The zero-order valence-corrected chi connectivity index (χ0v) is 16.5. The summed E-state index contributed by atoms with van der Waals surface area (Å²) < 4.78 is 0. The minimum absolute atomic E-state index is 0.143. The van der Waals surface area contributed by atoms with Crippen molar-refractivity contribution in [2.24, 2.45) is 0 Å². The van der Waals surface area contributed by atoms with Crippen LogP contribution in [0.1, 0.15) is 65.0 Å². The van der Waals surface area contributed by atoms with Crippen LogP contribution in [0.25, 0.3) is 0 Å². The van der Waals surface area contributed by atoms with Crippen molar-refractivity contribution in [1.82, 2.24) is 15.2 Å². The highest BCUT2D eigenvalue weighted by molar-refractivity contribution is 5.93. The molecule has 5 nitrogen and oxygen atoms in total. The second-order valence-corrected chi connectivity index (χ2v) is 8.05. The summed E-state index contributed by atoms with van der Waals surface area (Å²) in [6, 6.07) is 10.8. The Morgan fingerprint density at radius 2 is 2.00 bits per heavy atom. The van der Waals surface area contributed by atoms with E-state index in [1.165, 1.54) is 43.1 Å². The van der Waals surface area contributed by atoms with Crippen LogP contribution in [0.5, 0.6) is 0 Å². The molecule has 2 N–H and O–H groups in total. The number of pyridine rings is 1. The van der Waals surface area contributed by atoms with E-state index in [0.717, 1.165) is 31.0 Å². The Balaban J connectivity index is 1.35. The van der Waals surface area contributed by atoms with E-state index in [9.17, 15) is 9.90 Å². The molecule has 1 unspecified atom stereocenters. The van der Waals surface area contributed by atoms with Gasteiger partial charge in [-0.3, -0.25) is 14.7 Å². The predicted molar refractivity (Wildman–Crippen MR) is 109 cm³/mol. The van der Waals surface area contributed by atoms with E-state index >= 15 is 0 Å². The third-order valence-electron chi connectivity index (χ3n) is 6.13. The van der Waals surface area contributed by atoms with Gasteiger partial charge in [0.15, 0.2) is 0 Å². The number of carbonyl (C=O) groups excluding carboxylic acids is 1. The van der Waals surface area contributed by atoms with Crippen LogP contribution in [-0.4, -0.2) is 40.0 Å². The van der Waals surface area contributed by atoms with Gasteiger partial charge in [0.1, 0.15) is 0 Å². The zero-order valence-electron chi connectivity index (χ0n) is 16.5. The van der Waals surface area contributed by atoms with Crippen LogP contribution in [0.15, 0.2) is 36.5 Å². The zero-order chi connectivity index (χ0) is 19.5. The Hall–Kier alpha value is -2.24. The van der Waals surface area contributed by atoms with Gasteiger partial charge in [-0.25, -0.2) is 0 Å². The number of benzene rings is 1. The van der Waals surface area contributed by atoms with Gasteiger partial charge in [-0.05, 0) is 61.4 Å². The number of carbonyl (C=O) groups is 1. The number of rotatable bonds is 5. The van der Waals surface area contributed by atoms with Crippen molar-refractivity contribution < 1.29 is 9.90 Å². The van der Waals surface area contributed by atoms with Gasteiger partial charge < -0.3 is 10.4 Å². The van der Waals surface area contributed by atoms with Crippen LogP contribution in [0.4, 0.5) is 0 Å². The van der Waals surface area contributed by atoms with Gasteiger partial charge in [-0.2, -0.15) is 0 Å². The highest BCUT2D eigenvalue weighted by Gasteiger charge is 2.26. The maximum atomic E-state index is 12.4. The molecular formula is C23H29N3O2. The number of aliphatic hydroxyl groups excluding tert-OH is 1. The maximum Gasteiger partial charge on any atom is 0.253 e. The van der Waals surface area contributed by atoms with Crippen molar-refractivity contribution >= 4 is 5.91 Å². The maximum absolute atomic E-state index is 12.4. The van der Waals surface area contributed by atoms with Gasteiger partial charge >= 0.3 is 0 Å². The van der Waals surface area contributed by atoms with Gasteiger partial charge in [0.25, 0.3) is 5.91 Å². The standard InChI is InChI=1S/C23H29N3O2/c1-16(27)22-8-7-20(15-24-22)23(28)25-14-17-5-6-18-9-11-26(21-3-2-4-21)12-10-19(18)13-17/h5-8,13,15-16,21,27H,2-4,9-12,14H2,1H3,(H,25,28).